The van der Waals surface area contributed by atoms with Crippen LogP contribution in [0.15, 0.2) is 30.3 Å². The van der Waals surface area contributed by atoms with E-state index in [-0.39, 0.29) is 23.9 Å². The molecule has 0 unspecified atom stereocenters. The molecule has 1 fully saturated rings. The van der Waals surface area contributed by atoms with Crippen LogP contribution in [0.2, 0.25) is 0 Å². The molecule has 0 saturated heterocycles. The van der Waals surface area contributed by atoms with Gasteiger partial charge in [-0.25, -0.2) is 0 Å². The molecule has 1 saturated carbocycles. The lowest BCUT2D eigenvalue weighted by molar-refractivity contribution is 0.0903. The van der Waals surface area contributed by atoms with Crippen LogP contribution in [-0.4, -0.2) is 18.0 Å². The molecule has 1 aliphatic rings. The Morgan fingerprint density at radius 1 is 1.24 bits per heavy atom. The fourth-order valence-corrected chi connectivity index (χ4v) is 2.33. The Labute approximate surface area is 108 Å². The molecule has 0 heterocycles. The predicted molar refractivity (Wildman–Crippen MR) is 71.4 cm³/mol. The van der Waals surface area contributed by atoms with Crippen molar-refractivity contribution in [1.82, 2.24) is 5.32 Å². The summed E-state index contributed by atoms with van der Waals surface area (Å²) < 4.78 is 0. The topological polar surface area (TPSA) is 55.1 Å². The fourth-order valence-electron chi connectivity index (χ4n) is 2.33. The van der Waals surface area contributed by atoms with Crippen LogP contribution in [-0.2, 0) is 0 Å². The van der Waals surface area contributed by atoms with Crippen LogP contribution in [0.5, 0.6) is 0 Å². The quantitative estimate of drug-likeness (QED) is 0.868. The van der Waals surface area contributed by atoms with Gasteiger partial charge in [-0.15, -0.1) is 12.4 Å². The zero-order valence-corrected chi connectivity index (χ0v) is 10.6. The monoisotopic (exact) mass is 254 g/mol. The summed E-state index contributed by atoms with van der Waals surface area (Å²) in [7, 11) is 0. The van der Waals surface area contributed by atoms with Gasteiger partial charge in [0.2, 0.25) is 0 Å². The normalized spacial score (nSPS) is 17.2. The number of halogens is 1. The molecule has 0 aromatic heterocycles. The number of amides is 1. The minimum Gasteiger partial charge on any atom is -0.345 e. The van der Waals surface area contributed by atoms with Crippen LogP contribution >= 0.6 is 12.4 Å². The average Bonchev–Trinajstić information content (AvgIpc) is 2.79. The molecule has 0 bridgehead atoms. The summed E-state index contributed by atoms with van der Waals surface area (Å²) in [5, 5.41) is 3.09. The first-order chi connectivity index (χ1) is 7.76. The van der Waals surface area contributed by atoms with Crippen molar-refractivity contribution >= 4 is 18.3 Å². The van der Waals surface area contributed by atoms with Crippen LogP contribution in [0.1, 0.15) is 36.0 Å². The van der Waals surface area contributed by atoms with Crippen LogP contribution in [0.3, 0.4) is 0 Å². The van der Waals surface area contributed by atoms with Crippen molar-refractivity contribution in [3.05, 3.63) is 35.9 Å². The van der Waals surface area contributed by atoms with Gasteiger partial charge >= 0.3 is 0 Å². The first-order valence-electron chi connectivity index (χ1n) is 5.83. The van der Waals surface area contributed by atoms with E-state index in [1.165, 1.54) is 0 Å². The molecule has 3 N–H and O–H groups in total. The van der Waals surface area contributed by atoms with E-state index < -0.39 is 0 Å². The number of carbonyl (C=O) groups is 1. The Morgan fingerprint density at radius 3 is 2.35 bits per heavy atom. The van der Waals surface area contributed by atoms with E-state index in [0.717, 1.165) is 25.7 Å². The van der Waals surface area contributed by atoms with E-state index >= 15 is 0 Å². The molecular formula is C13H19ClN2O. The van der Waals surface area contributed by atoms with Crippen molar-refractivity contribution in [2.45, 2.75) is 31.2 Å². The Hall–Kier alpha value is -1.06. The zero-order valence-electron chi connectivity index (χ0n) is 9.82. The van der Waals surface area contributed by atoms with Crippen molar-refractivity contribution in [3.8, 4) is 0 Å². The molecule has 0 aliphatic heterocycles. The maximum atomic E-state index is 12.0. The lowest BCUT2D eigenvalue weighted by Gasteiger charge is -2.28. The van der Waals surface area contributed by atoms with E-state index in [4.69, 9.17) is 5.73 Å². The van der Waals surface area contributed by atoms with Crippen LogP contribution in [0.25, 0.3) is 0 Å². The summed E-state index contributed by atoms with van der Waals surface area (Å²) in [6.45, 7) is 0.533. The number of nitrogens with one attached hydrogen (secondary N) is 1. The number of benzene rings is 1. The minimum absolute atomic E-state index is 0. The van der Waals surface area contributed by atoms with Gasteiger partial charge in [0.15, 0.2) is 0 Å². The highest BCUT2D eigenvalue weighted by molar-refractivity contribution is 5.94. The molecule has 0 spiro atoms. The van der Waals surface area contributed by atoms with Crippen molar-refractivity contribution in [2.75, 3.05) is 6.54 Å². The Balaban J connectivity index is 0.00000144. The Morgan fingerprint density at radius 2 is 1.82 bits per heavy atom. The number of carbonyl (C=O) groups excluding carboxylic acids is 1. The van der Waals surface area contributed by atoms with Gasteiger partial charge in [-0.2, -0.15) is 0 Å². The molecule has 1 aromatic rings. The van der Waals surface area contributed by atoms with Gasteiger partial charge in [0, 0.05) is 12.1 Å². The van der Waals surface area contributed by atoms with Crippen molar-refractivity contribution in [3.63, 3.8) is 0 Å². The summed E-state index contributed by atoms with van der Waals surface area (Å²) in [4.78, 5) is 12.0. The molecule has 0 atom stereocenters. The van der Waals surface area contributed by atoms with Crippen LogP contribution in [0.4, 0.5) is 0 Å². The second-order valence-corrected chi connectivity index (χ2v) is 4.51. The van der Waals surface area contributed by atoms with Crippen molar-refractivity contribution < 1.29 is 4.79 Å². The second-order valence-electron chi connectivity index (χ2n) is 4.51. The maximum absolute atomic E-state index is 12.0. The number of hydrogen-bond donors (Lipinski definition) is 2. The Bertz CT molecular complexity index is 361. The van der Waals surface area contributed by atoms with Gasteiger partial charge in [-0.1, -0.05) is 31.0 Å². The molecule has 1 aliphatic carbocycles. The van der Waals surface area contributed by atoms with E-state index in [1.54, 1.807) is 0 Å². The maximum Gasteiger partial charge on any atom is 0.251 e. The third-order valence-electron chi connectivity index (χ3n) is 3.37. The molecular weight excluding hydrogens is 236 g/mol. The standard InChI is InChI=1S/C13H18N2O.ClH/c14-10-13(8-4-5-9-13)15-12(16)11-6-2-1-3-7-11;/h1-3,6-7H,4-5,8-10,14H2,(H,15,16);1H. The highest BCUT2D eigenvalue weighted by atomic mass is 35.5. The fraction of sp³-hybridized carbons (Fsp3) is 0.462. The van der Waals surface area contributed by atoms with E-state index in [0.29, 0.717) is 12.1 Å². The van der Waals surface area contributed by atoms with Gasteiger partial charge in [0.25, 0.3) is 5.91 Å². The molecule has 17 heavy (non-hydrogen) atoms. The summed E-state index contributed by atoms with van der Waals surface area (Å²) in [6, 6.07) is 9.31. The molecule has 3 nitrogen and oxygen atoms in total. The molecule has 94 valence electrons. The van der Waals surface area contributed by atoms with E-state index in [9.17, 15) is 4.79 Å². The van der Waals surface area contributed by atoms with E-state index in [1.807, 2.05) is 30.3 Å². The number of hydrogen-bond acceptors (Lipinski definition) is 2. The van der Waals surface area contributed by atoms with Gasteiger partial charge in [-0.3, -0.25) is 4.79 Å². The van der Waals surface area contributed by atoms with Gasteiger partial charge in [0.05, 0.1) is 5.54 Å². The second kappa shape index (κ2) is 6.03. The van der Waals surface area contributed by atoms with Crippen molar-refractivity contribution in [2.24, 2.45) is 5.73 Å². The van der Waals surface area contributed by atoms with Crippen LogP contribution < -0.4 is 11.1 Å². The number of rotatable bonds is 3. The van der Waals surface area contributed by atoms with Gasteiger partial charge in [0.1, 0.15) is 0 Å². The van der Waals surface area contributed by atoms with Crippen molar-refractivity contribution in [1.29, 1.82) is 0 Å². The van der Waals surface area contributed by atoms with Crippen LogP contribution in [0, 0.1) is 0 Å². The lowest BCUT2D eigenvalue weighted by Crippen LogP contribution is -2.51. The predicted octanol–water partition coefficient (Wildman–Crippen LogP) is 2.11. The number of nitrogens with two attached hydrogens (primary N) is 1. The summed E-state index contributed by atoms with van der Waals surface area (Å²) in [5.74, 6) is -0.00653. The Kier molecular flexibility index (Phi) is 4.97. The molecule has 4 heteroatoms. The van der Waals surface area contributed by atoms with E-state index in [2.05, 4.69) is 5.32 Å². The van der Waals surface area contributed by atoms with Gasteiger partial charge in [-0.05, 0) is 25.0 Å². The largest absolute Gasteiger partial charge is 0.345 e. The molecule has 0 radical (unpaired) electrons. The highest BCUT2D eigenvalue weighted by Crippen LogP contribution is 2.28. The summed E-state index contributed by atoms with van der Waals surface area (Å²) >= 11 is 0. The average molecular weight is 255 g/mol. The molecule has 1 aromatic carbocycles. The first kappa shape index (κ1) is 14.0. The zero-order chi connectivity index (χ0) is 11.4. The third-order valence-corrected chi connectivity index (χ3v) is 3.37. The third kappa shape index (κ3) is 3.20. The summed E-state index contributed by atoms with van der Waals surface area (Å²) in [6.07, 6.45) is 4.32. The minimum atomic E-state index is -0.160. The molecule has 2 rings (SSSR count). The first-order valence-corrected chi connectivity index (χ1v) is 5.83. The summed E-state index contributed by atoms with van der Waals surface area (Å²) in [5.41, 5.74) is 6.33. The SMILES string of the molecule is Cl.NCC1(NC(=O)c2ccccc2)CCCC1. The smallest absolute Gasteiger partial charge is 0.251 e. The van der Waals surface area contributed by atoms with Gasteiger partial charge < -0.3 is 11.1 Å². The lowest BCUT2D eigenvalue weighted by atomic mass is 9.97. The molecule has 1 amide bonds. The highest BCUT2D eigenvalue weighted by Gasteiger charge is 2.33.